The van der Waals surface area contributed by atoms with E-state index in [1.54, 1.807) is 11.0 Å². The molecule has 1 atom stereocenters. The Morgan fingerprint density at radius 1 is 1.13 bits per heavy atom. The van der Waals surface area contributed by atoms with Gasteiger partial charge in [-0.2, -0.15) is 8.42 Å². The molecule has 156 valence electrons. The number of hydrogen-bond acceptors (Lipinski definition) is 4. The third-order valence-electron chi connectivity index (χ3n) is 6.09. The van der Waals surface area contributed by atoms with E-state index in [-0.39, 0.29) is 27.4 Å². The lowest BCUT2D eigenvalue weighted by molar-refractivity contribution is 0.0981. The Labute approximate surface area is 181 Å². The molecule has 2 aromatic carbocycles. The van der Waals surface area contributed by atoms with Gasteiger partial charge in [-0.05, 0) is 49.9 Å². The van der Waals surface area contributed by atoms with Crippen molar-refractivity contribution in [2.45, 2.75) is 50.0 Å². The molecule has 0 spiro atoms. The highest BCUT2D eigenvalue weighted by Gasteiger charge is 2.36. The predicted molar refractivity (Wildman–Crippen MR) is 118 cm³/mol. The van der Waals surface area contributed by atoms with Gasteiger partial charge in [-0.15, -0.1) is 4.40 Å². The number of amidine groups is 1. The molecule has 0 saturated carbocycles. The molecule has 0 N–H and O–H groups in total. The van der Waals surface area contributed by atoms with Crippen molar-refractivity contribution in [3.63, 3.8) is 0 Å². The van der Waals surface area contributed by atoms with Crippen LogP contribution in [-0.4, -0.2) is 32.7 Å². The van der Waals surface area contributed by atoms with Gasteiger partial charge in [-0.1, -0.05) is 36.2 Å². The van der Waals surface area contributed by atoms with Crippen LogP contribution in [0.25, 0.3) is 0 Å². The van der Waals surface area contributed by atoms with Gasteiger partial charge in [0.15, 0.2) is 0 Å². The van der Waals surface area contributed by atoms with Gasteiger partial charge < -0.3 is 9.80 Å². The topological polar surface area (TPSA) is 70.1 Å². The molecular formula is C22H22ClN3O3S. The van der Waals surface area contributed by atoms with E-state index in [2.05, 4.69) is 4.40 Å². The summed E-state index contributed by atoms with van der Waals surface area (Å²) in [6.07, 6.45) is 4.28. The first-order valence-electron chi connectivity index (χ1n) is 10.2. The summed E-state index contributed by atoms with van der Waals surface area (Å²) in [6, 6.07) is 10.8. The molecule has 3 aliphatic rings. The maximum absolute atomic E-state index is 13.5. The van der Waals surface area contributed by atoms with Gasteiger partial charge in [0.25, 0.3) is 15.9 Å². The highest BCUT2D eigenvalue weighted by molar-refractivity contribution is 7.90. The van der Waals surface area contributed by atoms with Gasteiger partial charge in [0.05, 0.1) is 16.3 Å². The number of halogens is 1. The molecule has 0 aromatic heterocycles. The van der Waals surface area contributed by atoms with Gasteiger partial charge in [0, 0.05) is 24.7 Å². The Morgan fingerprint density at radius 3 is 2.77 bits per heavy atom. The van der Waals surface area contributed by atoms with E-state index in [0.29, 0.717) is 24.5 Å². The molecule has 0 bridgehead atoms. The van der Waals surface area contributed by atoms with Gasteiger partial charge in [0.1, 0.15) is 10.7 Å². The number of amides is 1. The second-order valence-electron chi connectivity index (χ2n) is 8.10. The summed E-state index contributed by atoms with van der Waals surface area (Å²) in [4.78, 5) is 17.2. The van der Waals surface area contributed by atoms with Crippen molar-refractivity contribution in [1.82, 2.24) is 0 Å². The fourth-order valence-electron chi connectivity index (χ4n) is 4.67. The summed E-state index contributed by atoms with van der Waals surface area (Å²) in [5.74, 6) is 0.276. The van der Waals surface area contributed by atoms with Crippen molar-refractivity contribution in [1.29, 1.82) is 0 Å². The first-order valence-corrected chi connectivity index (χ1v) is 12.0. The van der Waals surface area contributed by atoms with E-state index < -0.39 is 10.0 Å². The molecule has 0 aliphatic carbocycles. The highest BCUT2D eigenvalue weighted by atomic mass is 35.5. The Morgan fingerprint density at radius 2 is 1.93 bits per heavy atom. The summed E-state index contributed by atoms with van der Waals surface area (Å²) >= 11 is 6.57. The zero-order chi connectivity index (χ0) is 21.0. The van der Waals surface area contributed by atoms with E-state index in [9.17, 15) is 13.2 Å². The second-order valence-corrected chi connectivity index (χ2v) is 10.1. The van der Waals surface area contributed by atoms with Gasteiger partial charge in [0.2, 0.25) is 0 Å². The van der Waals surface area contributed by atoms with Crippen molar-refractivity contribution in [3.05, 3.63) is 52.5 Å². The third kappa shape index (κ3) is 3.03. The number of hydrogen-bond donors (Lipinski definition) is 0. The van der Waals surface area contributed by atoms with E-state index in [4.69, 9.17) is 11.6 Å². The first-order chi connectivity index (χ1) is 14.4. The number of fused-ring (bicyclic) bond motifs is 4. The number of anilines is 2. The fraction of sp³-hybridized carbons (Fsp3) is 0.364. The molecular weight excluding hydrogens is 422 g/mol. The number of carbonyl (C=O) groups is 1. The van der Waals surface area contributed by atoms with Gasteiger partial charge in [-0.3, -0.25) is 4.79 Å². The molecule has 3 heterocycles. The van der Waals surface area contributed by atoms with Crippen LogP contribution in [0.3, 0.4) is 0 Å². The highest BCUT2D eigenvalue weighted by Crippen LogP contribution is 2.40. The number of para-hydroxylation sites is 1. The molecule has 2 aromatic rings. The average molecular weight is 444 g/mol. The lowest BCUT2D eigenvalue weighted by Crippen LogP contribution is -2.37. The fourth-order valence-corrected chi connectivity index (χ4v) is 6.17. The third-order valence-corrected chi connectivity index (χ3v) is 7.74. The molecule has 0 unspecified atom stereocenters. The van der Waals surface area contributed by atoms with Crippen LogP contribution in [0.4, 0.5) is 11.4 Å². The van der Waals surface area contributed by atoms with Crippen LogP contribution in [0.5, 0.6) is 0 Å². The Balaban J connectivity index is 1.61. The quantitative estimate of drug-likeness (QED) is 0.654. The normalized spacial score (nSPS) is 21.9. The first kappa shape index (κ1) is 19.6. The summed E-state index contributed by atoms with van der Waals surface area (Å²) < 4.78 is 29.9. The second kappa shape index (κ2) is 7.10. The Hall–Kier alpha value is -2.38. The minimum atomic E-state index is -3.88. The summed E-state index contributed by atoms with van der Waals surface area (Å²) in [5.41, 5.74) is 2.66. The van der Waals surface area contributed by atoms with Crippen molar-refractivity contribution in [3.8, 4) is 0 Å². The molecule has 3 aliphatic heterocycles. The smallest absolute Gasteiger partial charge is 0.286 e. The number of nitrogens with zero attached hydrogens (tertiary/aromatic N) is 3. The van der Waals surface area contributed by atoms with Gasteiger partial charge >= 0.3 is 0 Å². The van der Waals surface area contributed by atoms with Crippen molar-refractivity contribution in [2.24, 2.45) is 4.40 Å². The average Bonchev–Trinajstić information content (AvgIpc) is 2.86. The van der Waals surface area contributed by atoms with E-state index in [1.807, 2.05) is 36.1 Å². The van der Waals surface area contributed by atoms with E-state index >= 15 is 0 Å². The zero-order valence-electron chi connectivity index (χ0n) is 16.6. The van der Waals surface area contributed by atoms with Crippen LogP contribution in [-0.2, 0) is 16.4 Å². The SMILES string of the molecule is C[C@@H]1Cc2ccccc2N1C(=O)c1cc2c(cc1Cl)N1CCCCCC1=NS2(=O)=O. The Bertz CT molecular complexity index is 1190. The van der Waals surface area contributed by atoms with Crippen molar-refractivity contribution < 1.29 is 13.2 Å². The minimum absolute atomic E-state index is 0.0335. The summed E-state index contributed by atoms with van der Waals surface area (Å²) in [7, 11) is -3.88. The maximum atomic E-state index is 13.5. The largest absolute Gasteiger partial charge is 0.328 e. The number of sulfonamides is 1. The molecule has 6 nitrogen and oxygen atoms in total. The molecule has 1 saturated heterocycles. The van der Waals surface area contributed by atoms with Crippen molar-refractivity contribution in [2.75, 3.05) is 16.3 Å². The van der Waals surface area contributed by atoms with Crippen molar-refractivity contribution >= 4 is 44.7 Å². The van der Waals surface area contributed by atoms with Crippen LogP contribution >= 0.6 is 11.6 Å². The van der Waals surface area contributed by atoms with Crippen LogP contribution in [0.1, 0.15) is 48.5 Å². The number of benzene rings is 2. The summed E-state index contributed by atoms with van der Waals surface area (Å²) in [6.45, 7) is 2.68. The van der Waals surface area contributed by atoms with Gasteiger partial charge in [-0.25, -0.2) is 0 Å². The Kier molecular flexibility index (Phi) is 4.63. The van der Waals surface area contributed by atoms with Crippen LogP contribution in [0.2, 0.25) is 5.02 Å². The van der Waals surface area contributed by atoms with Crippen LogP contribution in [0.15, 0.2) is 45.7 Å². The molecule has 1 amide bonds. The summed E-state index contributed by atoms with van der Waals surface area (Å²) in [5, 5.41) is 0.260. The monoisotopic (exact) mass is 443 g/mol. The minimum Gasteiger partial charge on any atom is -0.328 e. The molecule has 0 radical (unpaired) electrons. The predicted octanol–water partition coefficient (Wildman–Crippen LogP) is 4.41. The van der Waals surface area contributed by atoms with E-state index in [1.165, 1.54) is 6.07 Å². The van der Waals surface area contributed by atoms with E-state index in [0.717, 1.165) is 36.9 Å². The number of rotatable bonds is 1. The molecule has 30 heavy (non-hydrogen) atoms. The lowest BCUT2D eigenvalue weighted by atomic mass is 10.1. The molecule has 5 rings (SSSR count). The molecule has 8 heteroatoms. The van der Waals surface area contributed by atoms with Crippen LogP contribution in [0, 0.1) is 0 Å². The maximum Gasteiger partial charge on any atom is 0.286 e. The zero-order valence-corrected chi connectivity index (χ0v) is 18.2. The number of carbonyl (C=O) groups excluding carboxylic acids is 1. The molecule has 1 fully saturated rings. The van der Waals surface area contributed by atoms with Crippen LogP contribution < -0.4 is 9.80 Å². The standard InChI is InChI=1S/C22H22ClN3O3S/c1-14-11-15-7-4-5-8-18(15)26(14)22(27)16-12-20-19(13-17(16)23)25-10-6-2-3-9-21(25)24-30(20,28)29/h4-5,7-8,12-14H,2-3,6,9-11H2,1H3/t14-/m1/s1. The lowest BCUT2D eigenvalue weighted by Gasteiger charge is -2.30.